The smallest absolute Gasteiger partial charge is 0.323 e. The van der Waals surface area contributed by atoms with Gasteiger partial charge < -0.3 is 19.9 Å². The van der Waals surface area contributed by atoms with Gasteiger partial charge in [-0.2, -0.15) is 0 Å². The first-order chi connectivity index (χ1) is 14.3. The Morgan fingerprint density at radius 3 is 2.70 bits per heavy atom. The molecule has 158 valence electrons. The van der Waals surface area contributed by atoms with E-state index in [-0.39, 0.29) is 18.9 Å². The monoisotopic (exact) mass is 430 g/mol. The van der Waals surface area contributed by atoms with Crippen LogP contribution in [0.3, 0.4) is 0 Å². The molecule has 0 aromatic heterocycles. The number of amides is 1. The minimum absolute atomic E-state index is 0.107. The van der Waals surface area contributed by atoms with Crippen LogP contribution in [-0.2, 0) is 19.9 Å². The number of carbonyl (C=O) groups excluding carboxylic acids is 2. The van der Waals surface area contributed by atoms with Crippen LogP contribution in [-0.4, -0.2) is 54.8 Å². The summed E-state index contributed by atoms with van der Waals surface area (Å²) in [6, 6.07) is 9.91. The third-order valence-corrected chi connectivity index (χ3v) is 6.35. The van der Waals surface area contributed by atoms with Gasteiger partial charge in [0.25, 0.3) is 5.91 Å². The van der Waals surface area contributed by atoms with Gasteiger partial charge in [-0.15, -0.1) is 0 Å². The van der Waals surface area contributed by atoms with E-state index in [9.17, 15) is 14.7 Å². The zero-order chi connectivity index (χ0) is 21.6. The van der Waals surface area contributed by atoms with Gasteiger partial charge in [0.15, 0.2) is 5.54 Å². The minimum Gasteiger partial charge on any atom is -0.496 e. The van der Waals surface area contributed by atoms with E-state index in [1.165, 1.54) is 14.2 Å². The van der Waals surface area contributed by atoms with Gasteiger partial charge in [0, 0.05) is 34.8 Å². The molecule has 4 rings (SSSR count). The molecular weight excluding hydrogens is 408 g/mol. The first kappa shape index (κ1) is 20.7. The van der Waals surface area contributed by atoms with Crippen molar-refractivity contribution < 1.29 is 24.2 Å². The third-order valence-electron chi connectivity index (χ3n) is 5.95. The fourth-order valence-corrected chi connectivity index (χ4v) is 4.78. The number of nitrogens with one attached hydrogen (secondary N) is 1. The Labute approximate surface area is 179 Å². The van der Waals surface area contributed by atoms with Crippen LogP contribution in [0.15, 0.2) is 36.4 Å². The van der Waals surface area contributed by atoms with Crippen molar-refractivity contribution >= 4 is 29.2 Å². The zero-order valence-electron chi connectivity index (χ0n) is 16.9. The number of halogens is 1. The molecule has 1 fully saturated rings. The van der Waals surface area contributed by atoms with Gasteiger partial charge in [0.2, 0.25) is 0 Å². The number of aliphatic hydroxyl groups excluding tert-OH is 1. The molecule has 2 aromatic carbocycles. The molecule has 2 aromatic rings. The van der Waals surface area contributed by atoms with E-state index in [1.807, 2.05) is 19.1 Å². The minimum atomic E-state index is -1.42. The van der Waals surface area contributed by atoms with Gasteiger partial charge in [-0.1, -0.05) is 29.8 Å². The summed E-state index contributed by atoms with van der Waals surface area (Å²) in [4.78, 5) is 28.0. The third kappa shape index (κ3) is 2.88. The maximum absolute atomic E-state index is 13.7. The number of aryl methyl sites for hydroxylation is 1. The van der Waals surface area contributed by atoms with E-state index in [0.29, 0.717) is 27.6 Å². The van der Waals surface area contributed by atoms with Crippen molar-refractivity contribution in [3.05, 3.63) is 58.1 Å². The number of ether oxygens (including phenoxy) is 2. The summed E-state index contributed by atoms with van der Waals surface area (Å²) in [5.74, 6) is -0.367. The lowest BCUT2D eigenvalue weighted by Crippen LogP contribution is -2.56. The van der Waals surface area contributed by atoms with Gasteiger partial charge in [0.05, 0.1) is 20.3 Å². The summed E-state index contributed by atoms with van der Waals surface area (Å²) >= 11 is 6.46. The van der Waals surface area contributed by atoms with Crippen molar-refractivity contribution in [1.29, 1.82) is 0 Å². The number of rotatable bonds is 4. The molecule has 2 aliphatic heterocycles. The van der Waals surface area contributed by atoms with Gasteiger partial charge in [-0.05, 0) is 30.7 Å². The summed E-state index contributed by atoms with van der Waals surface area (Å²) in [6.07, 6.45) is -0.635. The maximum atomic E-state index is 13.7. The number of hydrogen-bond acceptors (Lipinski definition) is 6. The summed E-state index contributed by atoms with van der Waals surface area (Å²) in [6.45, 7) is 1.96. The summed E-state index contributed by atoms with van der Waals surface area (Å²) in [7, 11) is 2.82. The van der Waals surface area contributed by atoms with Crippen LogP contribution in [0.25, 0.3) is 0 Å². The number of β-amino-alcohol motifs (C(OH)–C–C–N with tert-alkyl or cyclic N) is 1. The molecule has 1 unspecified atom stereocenters. The molecule has 3 atom stereocenters. The number of methoxy groups -OCH3 is 2. The van der Waals surface area contributed by atoms with E-state index >= 15 is 0 Å². The van der Waals surface area contributed by atoms with E-state index in [0.717, 1.165) is 5.56 Å². The number of carbonyl (C=O) groups is 2. The highest BCUT2D eigenvalue weighted by atomic mass is 35.5. The van der Waals surface area contributed by atoms with Crippen molar-refractivity contribution in [2.24, 2.45) is 0 Å². The second kappa shape index (κ2) is 7.58. The van der Waals surface area contributed by atoms with Crippen LogP contribution in [0, 0.1) is 6.92 Å². The normalized spacial score (nSPS) is 25.7. The van der Waals surface area contributed by atoms with Crippen molar-refractivity contribution in [2.75, 3.05) is 26.1 Å². The molecule has 30 heavy (non-hydrogen) atoms. The highest BCUT2D eigenvalue weighted by molar-refractivity contribution is 6.31. The van der Waals surface area contributed by atoms with Crippen LogP contribution in [0.1, 0.15) is 23.1 Å². The van der Waals surface area contributed by atoms with Crippen LogP contribution in [0.5, 0.6) is 5.75 Å². The number of para-hydroxylation sites is 1. The molecule has 0 bridgehead atoms. The van der Waals surface area contributed by atoms with Crippen molar-refractivity contribution in [3.8, 4) is 5.75 Å². The molecule has 2 aliphatic rings. The molecule has 2 N–H and O–H groups in total. The SMILES string of the molecule is COC(=O)[C@@H]1C[C@@H](O)CN1C1(c2ccccc2OC)C(=O)Nc2cc(C)c(Cl)cc21. The summed E-state index contributed by atoms with van der Waals surface area (Å²) in [5.41, 5.74) is 1.17. The molecule has 2 heterocycles. The highest BCUT2D eigenvalue weighted by Crippen LogP contribution is 2.51. The topological polar surface area (TPSA) is 88.1 Å². The Bertz CT molecular complexity index is 1030. The van der Waals surface area contributed by atoms with E-state index < -0.39 is 23.7 Å². The van der Waals surface area contributed by atoms with Crippen LogP contribution >= 0.6 is 11.6 Å². The molecule has 0 aliphatic carbocycles. The second-order valence-corrected chi connectivity index (χ2v) is 8.00. The zero-order valence-corrected chi connectivity index (χ0v) is 17.7. The molecule has 1 saturated heterocycles. The van der Waals surface area contributed by atoms with Crippen LogP contribution in [0.2, 0.25) is 5.02 Å². The fourth-order valence-electron chi connectivity index (χ4n) is 4.61. The number of benzene rings is 2. The van der Waals surface area contributed by atoms with Gasteiger partial charge in [0.1, 0.15) is 11.8 Å². The van der Waals surface area contributed by atoms with Gasteiger partial charge >= 0.3 is 5.97 Å². The Hall–Kier alpha value is -2.61. The lowest BCUT2D eigenvalue weighted by atomic mass is 9.80. The van der Waals surface area contributed by atoms with Crippen molar-refractivity contribution in [1.82, 2.24) is 4.90 Å². The molecular formula is C22H23ClN2O5. The summed E-state index contributed by atoms with van der Waals surface area (Å²) < 4.78 is 10.6. The quantitative estimate of drug-likeness (QED) is 0.724. The maximum Gasteiger partial charge on any atom is 0.323 e. The number of likely N-dealkylation sites (tertiary alicyclic amines) is 1. The number of nitrogens with zero attached hydrogens (tertiary/aromatic N) is 1. The molecule has 0 saturated carbocycles. The largest absolute Gasteiger partial charge is 0.496 e. The summed E-state index contributed by atoms with van der Waals surface area (Å²) in [5, 5.41) is 13.9. The van der Waals surface area contributed by atoms with E-state index in [4.69, 9.17) is 21.1 Å². The number of esters is 1. The first-order valence-corrected chi connectivity index (χ1v) is 10.0. The first-order valence-electron chi connectivity index (χ1n) is 9.62. The Morgan fingerprint density at radius 2 is 2.00 bits per heavy atom. The van der Waals surface area contributed by atoms with Gasteiger partial charge in [-0.25, -0.2) is 0 Å². The number of fused-ring (bicyclic) bond motifs is 1. The predicted octanol–water partition coefficient (Wildman–Crippen LogP) is 2.46. The number of hydrogen-bond donors (Lipinski definition) is 2. The van der Waals surface area contributed by atoms with Crippen molar-refractivity contribution in [2.45, 2.75) is 31.0 Å². The molecule has 1 amide bonds. The van der Waals surface area contributed by atoms with Crippen molar-refractivity contribution in [3.63, 3.8) is 0 Å². The van der Waals surface area contributed by atoms with Gasteiger partial charge in [-0.3, -0.25) is 14.5 Å². The predicted molar refractivity (Wildman–Crippen MR) is 112 cm³/mol. The Kier molecular flexibility index (Phi) is 5.22. The molecule has 0 radical (unpaired) electrons. The lowest BCUT2D eigenvalue weighted by Gasteiger charge is -2.40. The number of aliphatic hydroxyl groups is 1. The molecule has 7 nitrogen and oxygen atoms in total. The molecule has 0 spiro atoms. The van der Waals surface area contributed by atoms with E-state index in [1.54, 1.807) is 29.2 Å². The fraction of sp³-hybridized carbons (Fsp3) is 0.364. The Balaban J connectivity index is 2.05. The second-order valence-electron chi connectivity index (χ2n) is 7.59. The van der Waals surface area contributed by atoms with Crippen LogP contribution < -0.4 is 10.1 Å². The Morgan fingerprint density at radius 1 is 1.27 bits per heavy atom. The standard InChI is InChI=1S/C22H23ClN2O5/c1-12-8-17-15(10-16(12)23)22(21(28)24-17,14-6-4-5-7-19(14)29-2)25-11-13(26)9-18(25)20(27)30-3/h4-8,10,13,18,26H,9,11H2,1-3H3,(H,24,28)/t13-,18+,22?/m1/s1. The lowest BCUT2D eigenvalue weighted by molar-refractivity contribution is -0.149. The average molecular weight is 431 g/mol. The molecule has 8 heteroatoms. The highest BCUT2D eigenvalue weighted by Gasteiger charge is 2.59. The average Bonchev–Trinajstić information content (AvgIpc) is 3.25. The number of anilines is 1. The van der Waals surface area contributed by atoms with E-state index in [2.05, 4.69) is 5.32 Å². The van der Waals surface area contributed by atoms with Crippen LogP contribution in [0.4, 0.5) is 5.69 Å².